The number of aromatic amines is 1. The predicted molar refractivity (Wildman–Crippen MR) is 98.7 cm³/mol. The summed E-state index contributed by atoms with van der Waals surface area (Å²) in [6.07, 6.45) is 0. The fourth-order valence-electron chi connectivity index (χ4n) is 2.84. The fourth-order valence-corrected chi connectivity index (χ4v) is 2.84. The van der Waals surface area contributed by atoms with E-state index in [-0.39, 0.29) is 5.75 Å². The summed E-state index contributed by atoms with van der Waals surface area (Å²) in [6, 6.07) is 21.2. The first-order chi connectivity index (χ1) is 12.2. The van der Waals surface area contributed by atoms with Crippen molar-refractivity contribution in [3.8, 4) is 22.9 Å². The number of fused-ring (bicyclic) bond motifs is 1. The Kier molecular flexibility index (Phi) is 3.86. The maximum absolute atomic E-state index is 10.4. The molecule has 124 valence electrons. The SMILES string of the molecule is Cc1cccc2nc(-c3ccc(OCc4ccccc4)cc3O)[nH]c12. The topological polar surface area (TPSA) is 58.1 Å². The third kappa shape index (κ3) is 3.06. The fraction of sp³-hybridized carbons (Fsp3) is 0.0952. The molecule has 25 heavy (non-hydrogen) atoms. The predicted octanol–water partition coefficient (Wildman–Crippen LogP) is 4.82. The number of ether oxygens (including phenoxy) is 1. The zero-order valence-electron chi connectivity index (χ0n) is 13.9. The first-order valence-electron chi connectivity index (χ1n) is 8.16. The second kappa shape index (κ2) is 6.32. The van der Waals surface area contributed by atoms with Gasteiger partial charge in [0.1, 0.15) is 23.9 Å². The van der Waals surface area contributed by atoms with Gasteiger partial charge in [0, 0.05) is 6.07 Å². The van der Waals surface area contributed by atoms with E-state index in [9.17, 15) is 5.11 Å². The summed E-state index contributed by atoms with van der Waals surface area (Å²) in [5.74, 6) is 1.41. The molecule has 4 nitrogen and oxygen atoms in total. The van der Waals surface area contributed by atoms with Crippen molar-refractivity contribution in [2.75, 3.05) is 0 Å². The lowest BCUT2D eigenvalue weighted by Gasteiger charge is -2.08. The molecule has 4 aromatic rings. The Bertz CT molecular complexity index is 1020. The summed E-state index contributed by atoms with van der Waals surface area (Å²) in [4.78, 5) is 7.86. The highest BCUT2D eigenvalue weighted by Gasteiger charge is 2.11. The molecule has 0 unspecified atom stereocenters. The van der Waals surface area contributed by atoms with E-state index in [0.29, 0.717) is 23.7 Å². The number of para-hydroxylation sites is 1. The van der Waals surface area contributed by atoms with Crippen LogP contribution in [-0.4, -0.2) is 15.1 Å². The Labute approximate surface area is 145 Å². The van der Waals surface area contributed by atoms with Gasteiger partial charge in [-0.05, 0) is 36.2 Å². The molecular weight excluding hydrogens is 312 g/mol. The van der Waals surface area contributed by atoms with Crippen LogP contribution in [0.1, 0.15) is 11.1 Å². The van der Waals surface area contributed by atoms with Crippen molar-refractivity contribution in [2.45, 2.75) is 13.5 Å². The highest BCUT2D eigenvalue weighted by atomic mass is 16.5. The summed E-state index contributed by atoms with van der Waals surface area (Å²) >= 11 is 0. The van der Waals surface area contributed by atoms with Gasteiger partial charge in [-0.3, -0.25) is 0 Å². The summed E-state index contributed by atoms with van der Waals surface area (Å²) < 4.78 is 5.75. The average Bonchev–Trinajstić information content (AvgIpc) is 3.06. The number of nitrogens with one attached hydrogen (secondary N) is 1. The number of benzene rings is 3. The molecule has 4 heteroatoms. The molecular formula is C21H18N2O2. The van der Waals surface area contributed by atoms with Crippen molar-refractivity contribution in [3.63, 3.8) is 0 Å². The monoisotopic (exact) mass is 330 g/mol. The lowest BCUT2D eigenvalue weighted by Crippen LogP contribution is -1.95. The van der Waals surface area contributed by atoms with Crippen molar-refractivity contribution < 1.29 is 9.84 Å². The quantitative estimate of drug-likeness (QED) is 0.564. The Morgan fingerprint density at radius 3 is 2.60 bits per heavy atom. The van der Waals surface area contributed by atoms with E-state index in [1.165, 1.54) is 0 Å². The van der Waals surface area contributed by atoms with Gasteiger partial charge in [0.25, 0.3) is 0 Å². The second-order valence-electron chi connectivity index (χ2n) is 6.01. The van der Waals surface area contributed by atoms with E-state index in [4.69, 9.17) is 4.74 Å². The number of phenols is 1. The third-order valence-electron chi connectivity index (χ3n) is 4.20. The number of aryl methyl sites for hydroxylation is 1. The Hall–Kier alpha value is -3.27. The Morgan fingerprint density at radius 1 is 1.00 bits per heavy atom. The number of aromatic nitrogens is 2. The number of imidazole rings is 1. The van der Waals surface area contributed by atoms with Crippen LogP contribution in [-0.2, 0) is 6.61 Å². The summed E-state index contributed by atoms with van der Waals surface area (Å²) in [6.45, 7) is 2.49. The molecule has 0 saturated heterocycles. The molecule has 0 spiro atoms. The van der Waals surface area contributed by atoms with Crippen LogP contribution in [0.2, 0.25) is 0 Å². The summed E-state index contributed by atoms with van der Waals surface area (Å²) in [5.41, 5.74) is 4.74. The van der Waals surface area contributed by atoms with E-state index < -0.39 is 0 Å². The van der Waals surface area contributed by atoms with Crippen molar-refractivity contribution >= 4 is 11.0 Å². The summed E-state index contributed by atoms with van der Waals surface area (Å²) in [7, 11) is 0. The molecule has 1 heterocycles. The molecule has 4 rings (SSSR count). The molecule has 0 saturated carbocycles. The lowest BCUT2D eigenvalue weighted by molar-refractivity contribution is 0.304. The van der Waals surface area contributed by atoms with Crippen molar-refractivity contribution in [1.29, 1.82) is 0 Å². The lowest BCUT2D eigenvalue weighted by atomic mass is 10.2. The first kappa shape index (κ1) is 15.3. The number of phenolic OH excluding ortho intramolecular Hbond substituents is 1. The molecule has 2 N–H and O–H groups in total. The van der Waals surface area contributed by atoms with Crippen LogP contribution in [0.4, 0.5) is 0 Å². The number of aromatic hydroxyl groups is 1. The molecule has 0 aliphatic rings. The van der Waals surface area contributed by atoms with Crippen LogP contribution in [0.15, 0.2) is 66.7 Å². The van der Waals surface area contributed by atoms with E-state index in [1.54, 1.807) is 6.07 Å². The summed E-state index contributed by atoms with van der Waals surface area (Å²) in [5, 5.41) is 10.4. The van der Waals surface area contributed by atoms with Crippen LogP contribution in [0.5, 0.6) is 11.5 Å². The third-order valence-corrected chi connectivity index (χ3v) is 4.20. The second-order valence-corrected chi connectivity index (χ2v) is 6.01. The van der Waals surface area contributed by atoms with Gasteiger partial charge in [0.05, 0.1) is 16.6 Å². The number of H-pyrrole nitrogens is 1. The molecule has 0 aliphatic carbocycles. The molecule has 0 amide bonds. The van der Waals surface area contributed by atoms with Crippen LogP contribution in [0.3, 0.4) is 0 Å². The van der Waals surface area contributed by atoms with Crippen molar-refractivity contribution in [2.24, 2.45) is 0 Å². The number of hydrogen-bond acceptors (Lipinski definition) is 3. The highest BCUT2D eigenvalue weighted by Crippen LogP contribution is 2.32. The van der Waals surface area contributed by atoms with Gasteiger partial charge in [-0.1, -0.05) is 42.5 Å². The van der Waals surface area contributed by atoms with Gasteiger partial charge in [0.15, 0.2) is 0 Å². The van der Waals surface area contributed by atoms with Crippen LogP contribution >= 0.6 is 0 Å². The minimum atomic E-state index is 0.141. The van der Waals surface area contributed by atoms with Crippen LogP contribution in [0, 0.1) is 6.92 Å². The molecule has 1 aromatic heterocycles. The van der Waals surface area contributed by atoms with Crippen LogP contribution in [0.25, 0.3) is 22.4 Å². The van der Waals surface area contributed by atoms with Crippen LogP contribution < -0.4 is 4.74 Å². The van der Waals surface area contributed by atoms with Crippen molar-refractivity contribution in [1.82, 2.24) is 9.97 Å². The number of nitrogens with zero attached hydrogens (tertiary/aromatic N) is 1. The number of rotatable bonds is 4. The normalized spacial score (nSPS) is 10.9. The molecule has 0 aliphatic heterocycles. The molecule has 0 fully saturated rings. The van der Waals surface area contributed by atoms with Gasteiger partial charge >= 0.3 is 0 Å². The van der Waals surface area contributed by atoms with Gasteiger partial charge in [-0.25, -0.2) is 4.98 Å². The zero-order valence-corrected chi connectivity index (χ0v) is 13.9. The first-order valence-corrected chi connectivity index (χ1v) is 8.16. The maximum Gasteiger partial charge on any atom is 0.142 e. The smallest absolute Gasteiger partial charge is 0.142 e. The van der Waals surface area contributed by atoms with E-state index in [0.717, 1.165) is 22.2 Å². The van der Waals surface area contributed by atoms with E-state index >= 15 is 0 Å². The van der Waals surface area contributed by atoms with E-state index in [2.05, 4.69) is 9.97 Å². The largest absolute Gasteiger partial charge is 0.507 e. The highest BCUT2D eigenvalue weighted by molar-refractivity contribution is 5.83. The zero-order chi connectivity index (χ0) is 17.2. The minimum absolute atomic E-state index is 0.141. The van der Waals surface area contributed by atoms with Gasteiger partial charge < -0.3 is 14.8 Å². The Balaban J connectivity index is 1.59. The molecule has 3 aromatic carbocycles. The molecule has 0 bridgehead atoms. The standard InChI is InChI=1S/C21H18N2O2/c1-14-6-5-9-18-20(14)23-21(22-18)17-11-10-16(12-19(17)24)25-13-15-7-3-2-4-8-15/h2-12,24H,13H2,1H3,(H,22,23). The molecule has 0 radical (unpaired) electrons. The minimum Gasteiger partial charge on any atom is -0.507 e. The average molecular weight is 330 g/mol. The Morgan fingerprint density at radius 2 is 1.84 bits per heavy atom. The van der Waals surface area contributed by atoms with Gasteiger partial charge in [-0.2, -0.15) is 0 Å². The molecule has 0 atom stereocenters. The van der Waals surface area contributed by atoms with Gasteiger partial charge in [0.2, 0.25) is 0 Å². The maximum atomic E-state index is 10.4. The van der Waals surface area contributed by atoms with Gasteiger partial charge in [-0.15, -0.1) is 0 Å². The van der Waals surface area contributed by atoms with Crippen molar-refractivity contribution in [3.05, 3.63) is 77.9 Å². The number of hydrogen-bond donors (Lipinski definition) is 2. The van der Waals surface area contributed by atoms with E-state index in [1.807, 2.05) is 67.6 Å².